The van der Waals surface area contributed by atoms with Gasteiger partial charge < -0.3 is 0 Å². The van der Waals surface area contributed by atoms with Gasteiger partial charge in [-0.15, -0.1) is 0 Å². The molecule has 4 aliphatic carbocycles. The summed E-state index contributed by atoms with van der Waals surface area (Å²) in [4.78, 5) is 12.1. The molecular formula is C26H44O2S. The zero-order valence-electron chi connectivity index (χ0n) is 19.4. The Kier molecular flexibility index (Phi) is 6.38. The normalized spacial score (nSPS) is 46.3. The molecule has 166 valence electrons. The van der Waals surface area contributed by atoms with Gasteiger partial charge in [-0.1, -0.05) is 33.6 Å². The van der Waals surface area contributed by atoms with Gasteiger partial charge in [-0.3, -0.25) is 9.00 Å². The molecule has 0 aromatic rings. The molecule has 0 unspecified atom stereocenters. The van der Waals surface area contributed by atoms with E-state index in [1.54, 1.807) is 6.26 Å². The number of carbonyl (C=O) groups is 1. The molecule has 3 heteroatoms. The lowest BCUT2D eigenvalue weighted by molar-refractivity contribution is -0.118. The quantitative estimate of drug-likeness (QED) is 0.498. The van der Waals surface area contributed by atoms with Crippen LogP contribution in [0.4, 0.5) is 0 Å². The third-order valence-corrected chi connectivity index (χ3v) is 11.3. The lowest BCUT2D eigenvalue weighted by Gasteiger charge is -2.61. The molecule has 0 aromatic heterocycles. The van der Waals surface area contributed by atoms with Crippen molar-refractivity contribution in [2.75, 3.05) is 12.0 Å². The lowest BCUT2D eigenvalue weighted by Crippen LogP contribution is -2.53. The minimum absolute atomic E-state index is 0.199. The maximum absolute atomic E-state index is 12.1. The van der Waals surface area contributed by atoms with E-state index >= 15 is 0 Å². The van der Waals surface area contributed by atoms with Crippen molar-refractivity contribution in [2.24, 2.45) is 46.3 Å². The summed E-state index contributed by atoms with van der Waals surface area (Å²) in [6.45, 7) is 7.70. The van der Waals surface area contributed by atoms with Gasteiger partial charge in [-0.05, 0) is 104 Å². The van der Waals surface area contributed by atoms with Crippen molar-refractivity contribution in [3.05, 3.63) is 0 Å². The van der Waals surface area contributed by atoms with Crippen molar-refractivity contribution in [3.8, 4) is 0 Å². The smallest absolute Gasteiger partial charge is 0.145 e. The monoisotopic (exact) mass is 420 g/mol. The van der Waals surface area contributed by atoms with E-state index in [1.807, 2.05) is 0 Å². The second-order valence-corrected chi connectivity index (χ2v) is 13.3. The molecule has 4 aliphatic rings. The lowest BCUT2D eigenvalue weighted by atomic mass is 9.44. The fourth-order valence-corrected chi connectivity index (χ4v) is 9.76. The number of hydrogen-bond acceptors (Lipinski definition) is 2. The fourth-order valence-electron chi connectivity index (χ4n) is 9.16. The second kappa shape index (κ2) is 8.40. The van der Waals surface area contributed by atoms with Crippen molar-refractivity contribution in [1.29, 1.82) is 0 Å². The molecule has 2 nitrogen and oxygen atoms in total. The van der Waals surface area contributed by atoms with Crippen molar-refractivity contribution < 1.29 is 9.00 Å². The van der Waals surface area contributed by atoms with Crippen LogP contribution < -0.4 is 0 Å². The predicted octanol–water partition coefficient (Wildman–Crippen LogP) is 6.40. The Bertz CT molecular complexity index is 645. The first-order valence-corrected chi connectivity index (χ1v) is 14.3. The number of fused-ring (bicyclic) bond motifs is 5. The van der Waals surface area contributed by atoms with E-state index in [9.17, 15) is 9.00 Å². The average Bonchev–Trinajstić information content (AvgIpc) is 3.02. The first kappa shape index (κ1) is 22.0. The van der Waals surface area contributed by atoms with E-state index in [-0.39, 0.29) is 11.5 Å². The van der Waals surface area contributed by atoms with Crippen molar-refractivity contribution >= 4 is 16.6 Å². The summed E-state index contributed by atoms with van der Waals surface area (Å²) in [6, 6.07) is 0. The van der Waals surface area contributed by atoms with Crippen molar-refractivity contribution in [3.63, 3.8) is 0 Å². The van der Waals surface area contributed by atoms with Crippen LogP contribution in [0.15, 0.2) is 0 Å². The molecule has 0 aliphatic heterocycles. The Morgan fingerprint density at radius 3 is 2.48 bits per heavy atom. The Hall–Kier alpha value is -0.180. The third kappa shape index (κ3) is 3.92. The van der Waals surface area contributed by atoms with E-state index in [0.717, 1.165) is 36.0 Å². The van der Waals surface area contributed by atoms with Gasteiger partial charge in [0.15, 0.2) is 0 Å². The minimum atomic E-state index is -0.989. The summed E-state index contributed by atoms with van der Waals surface area (Å²) in [7, 11) is -0.989. The molecule has 9 atom stereocenters. The summed E-state index contributed by atoms with van der Waals surface area (Å²) in [5.74, 6) is 5.73. The van der Waals surface area contributed by atoms with E-state index < -0.39 is 10.8 Å². The highest BCUT2D eigenvalue weighted by Gasteiger charge is 2.60. The number of carbonyl (C=O) groups excluding carboxylic acids is 1. The Balaban J connectivity index is 1.44. The molecule has 29 heavy (non-hydrogen) atoms. The van der Waals surface area contributed by atoms with Gasteiger partial charge in [0.2, 0.25) is 0 Å². The van der Waals surface area contributed by atoms with Crippen LogP contribution in [-0.2, 0) is 15.6 Å². The average molecular weight is 421 g/mol. The van der Waals surface area contributed by atoms with Gasteiger partial charge >= 0.3 is 0 Å². The van der Waals surface area contributed by atoms with E-state index in [1.165, 1.54) is 64.2 Å². The number of ketones is 1. The first-order valence-electron chi connectivity index (χ1n) is 12.6. The Morgan fingerprint density at radius 2 is 1.72 bits per heavy atom. The number of hydrogen-bond donors (Lipinski definition) is 0. The standard InChI is InChI=1S/C26H44O2S/c1-18(8-10-20(27)17-29(4)28)22-12-13-23-21-11-9-19-7-5-6-15-25(19,2)24(21)14-16-26(22,23)3/h18-19,21-24H,5-17H2,1-4H3/t18-,19+,21-,22+,23-,24-,25-,26+,29+/m0/s1. The molecular weight excluding hydrogens is 376 g/mol. The van der Waals surface area contributed by atoms with E-state index in [0.29, 0.717) is 23.2 Å². The van der Waals surface area contributed by atoms with Crippen molar-refractivity contribution in [2.45, 2.75) is 97.8 Å². The largest absolute Gasteiger partial charge is 0.299 e. The first-order chi connectivity index (χ1) is 13.8. The van der Waals surface area contributed by atoms with Gasteiger partial charge in [0, 0.05) is 23.5 Å². The minimum Gasteiger partial charge on any atom is -0.299 e. The molecule has 0 spiro atoms. The highest BCUT2D eigenvalue weighted by Crippen LogP contribution is 2.68. The molecule has 0 radical (unpaired) electrons. The van der Waals surface area contributed by atoms with Gasteiger partial charge in [0.25, 0.3) is 0 Å². The summed E-state index contributed by atoms with van der Waals surface area (Å²) in [5, 5.41) is 0. The van der Waals surface area contributed by atoms with Crippen molar-refractivity contribution in [1.82, 2.24) is 0 Å². The van der Waals surface area contributed by atoms with Crippen LogP contribution in [0.3, 0.4) is 0 Å². The van der Waals surface area contributed by atoms with Gasteiger partial charge in [0.1, 0.15) is 5.78 Å². The van der Waals surface area contributed by atoms with Crippen LogP contribution in [0.5, 0.6) is 0 Å². The molecule has 0 saturated heterocycles. The zero-order chi connectivity index (χ0) is 20.8. The van der Waals surface area contributed by atoms with E-state index in [4.69, 9.17) is 0 Å². The van der Waals surface area contributed by atoms with Crippen LogP contribution in [-0.4, -0.2) is 22.0 Å². The van der Waals surface area contributed by atoms with Crippen LogP contribution in [0.1, 0.15) is 97.8 Å². The summed E-state index contributed by atoms with van der Waals surface area (Å²) in [5.41, 5.74) is 1.13. The molecule has 0 heterocycles. The topological polar surface area (TPSA) is 34.1 Å². The summed E-state index contributed by atoms with van der Waals surface area (Å²) in [6.07, 6.45) is 17.9. The van der Waals surface area contributed by atoms with Gasteiger partial charge in [-0.2, -0.15) is 0 Å². The maximum atomic E-state index is 12.1. The molecule has 4 rings (SSSR count). The zero-order valence-corrected chi connectivity index (χ0v) is 20.2. The van der Waals surface area contributed by atoms with Crippen LogP contribution in [0, 0.1) is 46.3 Å². The van der Waals surface area contributed by atoms with Crippen LogP contribution in [0.2, 0.25) is 0 Å². The van der Waals surface area contributed by atoms with Crippen LogP contribution >= 0.6 is 0 Å². The second-order valence-electron chi connectivity index (χ2n) is 11.9. The van der Waals surface area contributed by atoms with Gasteiger partial charge in [-0.25, -0.2) is 0 Å². The molecule has 4 saturated carbocycles. The third-order valence-electron chi connectivity index (χ3n) is 10.6. The Morgan fingerprint density at radius 1 is 0.966 bits per heavy atom. The van der Waals surface area contributed by atoms with E-state index in [2.05, 4.69) is 20.8 Å². The maximum Gasteiger partial charge on any atom is 0.145 e. The molecule has 0 amide bonds. The predicted molar refractivity (Wildman–Crippen MR) is 122 cm³/mol. The van der Waals surface area contributed by atoms with Gasteiger partial charge in [0.05, 0.1) is 5.75 Å². The summed E-state index contributed by atoms with van der Waals surface area (Å²) >= 11 is 0. The van der Waals surface area contributed by atoms with Crippen LogP contribution in [0.25, 0.3) is 0 Å². The molecule has 0 N–H and O–H groups in total. The number of Topliss-reactive ketones (excluding diaryl/α,β-unsaturated/α-hetero) is 1. The summed E-state index contributed by atoms with van der Waals surface area (Å²) < 4.78 is 11.3. The highest BCUT2D eigenvalue weighted by atomic mass is 32.2. The molecule has 0 aromatic carbocycles. The molecule has 0 bridgehead atoms. The number of rotatable bonds is 6. The highest BCUT2D eigenvalue weighted by molar-refractivity contribution is 7.85. The SMILES string of the molecule is C[C@@H](CCC(=O)C[S@@](C)=O)[C@H]1CC[C@H]2[C@@H]3CC[C@H]4CCCC[C@]4(C)[C@H]3CC[C@]12C. The fraction of sp³-hybridized carbons (Fsp3) is 0.962. The Labute approximate surface area is 181 Å². The molecule has 4 fully saturated rings.